The lowest BCUT2D eigenvalue weighted by Crippen LogP contribution is -2.64. The summed E-state index contributed by atoms with van der Waals surface area (Å²) in [4.78, 5) is 149. The first kappa shape index (κ1) is 86.8. The van der Waals surface area contributed by atoms with Gasteiger partial charge < -0.3 is 133 Å². The molecule has 18 atom stereocenters. The van der Waals surface area contributed by atoms with Crippen molar-refractivity contribution in [1.29, 1.82) is 0 Å². The molecule has 38 heteroatoms. The van der Waals surface area contributed by atoms with Crippen LogP contribution < -0.4 is 78.7 Å². The zero-order chi connectivity index (χ0) is 87.2. The van der Waals surface area contributed by atoms with Crippen LogP contribution in [-0.2, 0) is 59.1 Å². The monoisotopic (exact) mass is 1710 g/mol. The Labute approximate surface area is 697 Å². The minimum absolute atomic E-state index is 0.0445. The van der Waals surface area contributed by atoms with Crippen molar-refractivity contribution in [2.75, 3.05) is 23.9 Å². The van der Waals surface area contributed by atoms with Crippen LogP contribution in [-0.4, -0.2) is 191 Å². The number of fused-ring (bicyclic) bond motifs is 15. The molecule has 8 aromatic rings. The second-order valence-corrected chi connectivity index (χ2v) is 31.6. The maximum absolute atomic E-state index is 16.3. The van der Waals surface area contributed by atoms with Crippen LogP contribution in [0.1, 0.15) is 111 Å². The number of phenols is 3. The first-order valence-electron chi connectivity index (χ1n) is 38.1. The SMILES string of the molecule is CC(C)C[C@H](C(=O)N[C@H]1C(=O)N[C@@H](CC(N)=O)C(=O)N[C@H]2C(=O)N[C@H]3C(=O)N[C@H](C(=O)N[C@@H](C(=O)O)c4cc(O)cc(O)c4-c4cc3ccc4O)[C@H](O)c3ccc(c(Cl)c3)Oc3cc2cc(c3O[C@@H]2O[C@H](CO)[C@@H](O)[C@H](O)[C@H]2O[C@H]2C[C@](C)(N)[C@H](O)[C@H](C)O2)Oc2ccc(cc2Cl)[C@H]1O)N(C)c1c(NCc2ccc(-c3ccccc3)cc2)c(=O)c1=O. The third-order valence-electron chi connectivity index (χ3n) is 21.6. The summed E-state index contributed by atoms with van der Waals surface area (Å²) in [7, 11) is 1.36. The number of rotatable bonds is 18. The molecule has 15 rings (SSSR count). The molecule has 0 unspecified atom stereocenters. The highest BCUT2D eigenvalue weighted by Crippen LogP contribution is 2.50. The van der Waals surface area contributed by atoms with E-state index in [1.807, 2.05) is 54.6 Å². The van der Waals surface area contributed by atoms with Crippen molar-refractivity contribution in [3.8, 4) is 68.2 Å². The van der Waals surface area contributed by atoms with Gasteiger partial charge in [-0.25, -0.2) is 4.79 Å². The molecule has 7 aliphatic rings. The van der Waals surface area contributed by atoms with Crippen molar-refractivity contribution in [2.24, 2.45) is 17.4 Å². The van der Waals surface area contributed by atoms with E-state index in [0.29, 0.717) is 5.56 Å². The Morgan fingerprint density at radius 3 is 1.89 bits per heavy atom. The topological polar surface area (TPSA) is 568 Å². The highest BCUT2D eigenvalue weighted by Gasteiger charge is 2.52. The average Bonchev–Trinajstić information content (AvgIpc) is 0.773. The summed E-state index contributed by atoms with van der Waals surface area (Å²) in [5.41, 5.74) is 8.17. The predicted molar refractivity (Wildman–Crippen MR) is 429 cm³/mol. The fourth-order valence-electron chi connectivity index (χ4n) is 15.2. The number of hydrogen-bond donors (Lipinski definition) is 19. The Balaban J connectivity index is 0.969. The normalized spacial score (nSPS) is 26.5. The molecule has 11 bridgehead atoms. The third-order valence-corrected chi connectivity index (χ3v) is 22.2. The van der Waals surface area contributed by atoms with E-state index in [9.17, 15) is 75.0 Å². The summed E-state index contributed by atoms with van der Waals surface area (Å²) in [5, 5.41) is 132. The second kappa shape index (κ2) is 35.3. The van der Waals surface area contributed by atoms with Gasteiger partial charge in [0, 0.05) is 48.3 Å². The Hall–Kier alpha value is -12.0. The fraction of sp³-hybridized carbons (Fsp3) is 0.349. The van der Waals surface area contributed by atoms with Gasteiger partial charge in [-0.05, 0) is 120 Å². The van der Waals surface area contributed by atoms with E-state index in [1.54, 1.807) is 13.8 Å². The highest BCUT2D eigenvalue weighted by molar-refractivity contribution is 6.32. The van der Waals surface area contributed by atoms with Crippen LogP contribution in [0.2, 0.25) is 10.0 Å². The molecule has 0 radical (unpaired) electrons. The van der Waals surface area contributed by atoms with Crippen LogP contribution >= 0.6 is 23.2 Å². The zero-order valence-corrected chi connectivity index (χ0v) is 66.5. The maximum atomic E-state index is 16.3. The quantitative estimate of drug-likeness (QED) is 0.0549. The molecule has 7 aliphatic heterocycles. The number of aromatic hydroxyl groups is 3. The van der Waals surface area contributed by atoms with Gasteiger partial charge in [0.25, 0.3) is 10.9 Å². The lowest BCUT2D eigenvalue weighted by molar-refractivity contribution is -0.333. The van der Waals surface area contributed by atoms with Crippen LogP contribution in [0, 0.1) is 5.92 Å². The highest BCUT2D eigenvalue weighted by atomic mass is 35.5. The molecule has 21 N–H and O–H groups in total. The van der Waals surface area contributed by atoms with Gasteiger partial charge in [-0.1, -0.05) is 110 Å². The number of carboxylic acid groups (broad SMARTS) is 1. The number of benzene rings is 7. The van der Waals surface area contributed by atoms with Crippen molar-refractivity contribution in [1.82, 2.24) is 31.9 Å². The van der Waals surface area contributed by atoms with E-state index in [-0.39, 0.29) is 47.8 Å². The number of aliphatic hydroxyl groups excluding tert-OH is 6. The summed E-state index contributed by atoms with van der Waals surface area (Å²) in [5.74, 6) is -17.2. The Kier molecular flexibility index (Phi) is 25.3. The molecule has 8 aromatic carbocycles. The number of amides is 7. The van der Waals surface area contributed by atoms with Gasteiger partial charge >= 0.3 is 5.97 Å². The van der Waals surface area contributed by atoms with Gasteiger partial charge in [-0.15, -0.1) is 0 Å². The fourth-order valence-corrected chi connectivity index (χ4v) is 15.7. The average molecular weight is 1710 g/mol. The van der Waals surface area contributed by atoms with Gasteiger partial charge in [0.15, 0.2) is 29.9 Å². The predicted octanol–water partition coefficient (Wildman–Crippen LogP) is 2.90. The molecule has 638 valence electrons. The largest absolute Gasteiger partial charge is 0.508 e. The number of hydrogen-bond acceptors (Lipinski definition) is 28. The number of aliphatic hydroxyl groups is 6. The lowest BCUT2D eigenvalue weighted by atomic mass is 9.86. The first-order valence-corrected chi connectivity index (χ1v) is 38.9. The van der Waals surface area contributed by atoms with Crippen LogP contribution in [0.5, 0.6) is 46.0 Å². The molecule has 121 heavy (non-hydrogen) atoms. The van der Waals surface area contributed by atoms with Gasteiger partial charge in [-0.3, -0.25) is 43.2 Å². The van der Waals surface area contributed by atoms with Crippen LogP contribution in [0.25, 0.3) is 22.3 Å². The van der Waals surface area contributed by atoms with Crippen molar-refractivity contribution in [2.45, 2.75) is 163 Å². The minimum atomic E-state index is -2.43. The number of anilines is 2. The molecular weight excluding hydrogens is 1620 g/mol. The maximum Gasteiger partial charge on any atom is 0.330 e. The van der Waals surface area contributed by atoms with E-state index >= 15 is 24.0 Å². The number of ether oxygens (including phenoxy) is 6. The molecular formula is C83H86Cl2N10O26. The van der Waals surface area contributed by atoms with Gasteiger partial charge in [-0.2, -0.15) is 0 Å². The number of primary amides is 1. The van der Waals surface area contributed by atoms with Crippen molar-refractivity contribution in [3.05, 3.63) is 197 Å². The van der Waals surface area contributed by atoms with E-state index in [4.69, 9.17) is 63.1 Å². The summed E-state index contributed by atoms with van der Waals surface area (Å²) in [6.45, 7) is 5.47. The number of nitrogens with two attached hydrogens (primary N) is 2. The Morgan fingerprint density at radius 2 is 1.28 bits per heavy atom. The summed E-state index contributed by atoms with van der Waals surface area (Å²) >= 11 is 14.3. The van der Waals surface area contributed by atoms with Gasteiger partial charge in [0.1, 0.15) is 107 Å². The van der Waals surface area contributed by atoms with Crippen LogP contribution in [0.15, 0.2) is 143 Å². The second-order valence-electron chi connectivity index (χ2n) is 30.8. The standard InChI is InChI=1S/C83H86Cl2N10O26/c1-33(2)21-48(95(5)65-62(69(104)70(65)105)88-31-35-11-13-37(14-12-35)36-9-7-6-8-10-36)76(109)93-63-66(101)39-16-19-51(45(84)23-39)117-53-25-41-26-54(72(53)121-82-73(71(106)68(103)55(32-96)119-82)120-57-30-83(4,87)74(107)34(3)116-57)118-52-20-17-40(24-46(52)85)67(102)64-80(113)92-61(81(114)115)44-27-42(97)28-50(99)58(44)43-22-38(15-18-49(43)98)59(77(110)94-64)91-78(111)60(41)90-75(108)47(29-56(86)100)89-79(63)112/h6-20,22-28,33-34,47-48,55,57,59-61,63-64,66-68,71,73-74,82,88,96-99,101-103,106-107H,21,29-32,87H2,1-5H3,(H2,86,100)(H,89,112)(H,90,108)(H,91,111)(H,92,113)(H,93,109)(H,94,110)(H,114,115)/t34-,47-,48+,55+,57-,59+,60+,61+,63+,64-,66+,67+,68+,71-,73+,74+,82-,83-/m0/s1. The molecule has 0 saturated carbocycles. The van der Waals surface area contributed by atoms with Gasteiger partial charge in [0.05, 0.1) is 35.3 Å². The molecule has 7 amide bonds. The minimum Gasteiger partial charge on any atom is -0.508 e. The zero-order valence-electron chi connectivity index (χ0n) is 65.0. The Morgan fingerprint density at radius 1 is 0.669 bits per heavy atom. The number of aliphatic carboxylic acids is 1. The van der Waals surface area contributed by atoms with Gasteiger partial charge in [0.2, 0.25) is 53.4 Å². The molecule has 7 heterocycles. The number of likely N-dealkylation sites (N-methyl/N-ethyl adjacent to an activating group) is 1. The van der Waals surface area contributed by atoms with Crippen molar-refractivity contribution in [3.63, 3.8) is 0 Å². The van der Waals surface area contributed by atoms with E-state index in [1.165, 1.54) is 31.9 Å². The van der Waals surface area contributed by atoms with E-state index in [2.05, 4.69) is 37.2 Å². The smallest absolute Gasteiger partial charge is 0.330 e. The number of halogens is 2. The summed E-state index contributed by atoms with van der Waals surface area (Å²) in [6.07, 6.45) is -19.5. The Bertz CT molecular complexity index is 5440. The number of carbonyl (C=O) groups is 8. The summed E-state index contributed by atoms with van der Waals surface area (Å²) in [6, 6.07) is 14.9. The molecule has 0 aromatic heterocycles. The third kappa shape index (κ3) is 18.1. The molecule has 2 fully saturated rings. The van der Waals surface area contributed by atoms with Crippen molar-refractivity contribution < 1.29 is 118 Å². The van der Waals surface area contributed by atoms with E-state index < -0.39 is 264 Å². The lowest BCUT2D eigenvalue weighted by Gasteiger charge is -2.47. The molecule has 36 nitrogen and oxygen atoms in total. The van der Waals surface area contributed by atoms with Crippen LogP contribution in [0.3, 0.4) is 0 Å². The molecule has 0 spiro atoms. The van der Waals surface area contributed by atoms with Crippen molar-refractivity contribution >= 4 is 81.9 Å². The molecule has 0 aliphatic carbocycles. The number of carboxylic acids is 1. The number of carbonyl (C=O) groups excluding carboxylic acids is 7. The van der Waals surface area contributed by atoms with E-state index in [0.717, 1.165) is 83.9 Å². The summed E-state index contributed by atoms with van der Waals surface area (Å²) < 4.78 is 38.6. The molecule has 2 saturated heterocycles. The number of nitrogens with one attached hydrogen (secondary N) is 7. The first-order chi connectivity index (χ1) is 57.4. The number of phenolic OH excluding ortho intramolecular Hbond substituents is 3. The number of nitrogens with zero attached hydrogens (tertiary/aromatic N) is 1. The van der Waals surface area contributed by atoms with Crippen LogP contribution in [0.4, 0.5) is 11.4 Å².